The standard InChI is InChI=1S/C12H12N2O/c1-8-4-3-5-11-12(8)10(7-13-11)6-9(2)14-15/h3-7,13H,1-2H3/b9-6-. The molecule has 0 atom stereocenters. The lowest BCUT2D eigenvalue weighted by molar-refractivity contribution is 1.31. The molecule has 0 aliphatic heterocycles. The molecule has 1 aromatic carbocycles. The van der Waals surface area contributed by atoms with Gasteiger partial charge in [-0.15, -0.1) is 4.91 Å². The Morgan fingerprint density at radius 1 is 1.47 bits per heavy atom. The second-order valence-corrected chi connectivity index (χ2v) is 3.62. The summed E-state index contributed by atoms with van der Waals surface area (Å²) in [5, 5.41) is 4.05. The van der Waals surface area contributed by atoms with Crippen molar-refractivity contribution in [3.8, 4) is 0 Å². The van der Waals surface area contributed by atoms with Crippen LogP contribution >= 0.6 is 0 Å². The molecule has 0 bridgehead atoms. The number of nitrogens with one attached hydrogen (secondary N) is 1. The number of allylic oxidation sites excluding steroid dienone is 1. The van der Waals surface area contributed by atoms with Crippen molar-refractivity contribution in [2.24, 2.45) is 5.18 Å². The summed E-state index contributed by atoms with van der Waals surface area (Å²) in [6.07, 6.45) is 3.69. The number of aryl methyl sites for hydroxylation is 1. The highest BCUT2D eigenvalue weighted by Crippen LogP contribution is 2.23. The molecule has 0 saturated heterocycles. The highest BCUT2D eigenvalue weighted by molar-refractivity contribution is 5.91. The van der Waals surface area contributed by atoms with Crippen LogP contribution < -0.4 is 0 Å². The van der Waals surface area contributed by atoms with E-state index in [-0.39, 0.29) is 0 Å². The van der Waals surface area contributed by atoms with Crippen LogP contribution in [0.1, 0.15) is 18.1 Å². The SMILES string of the molecule is C/C(=C/c1c[nH]c2cccc(C)c12)N=O. The van der Waals surface area contributed by atoms with Gasteiger partial charge in [-0.1, -0.05) is 12.1 Å². The fraction of sp³-hybridized carbons (Fsp3) is 0.167. The minimum Gasteiger partial charge on any atom is -0.361 e. The van der Waals surface area contributed by atoms with Crippen LogP contribution in [0.15, 0.2) is 35.3 Å². The van der Waals surface area contributed by atoms with E-state index in [1.807, 2.05) is 18.3 Å². The third-order valence-corrected chi connectivity index (χ3v) is 2.45. The lowest BCUT2D eigenvalue weighted by Crippen LogP contribution is -1.76. The lowest BCUT2D eigenvalue weighted by atomic mass is 10.1. The Balaban J connectivity index is 2.67. The molecule has 0 saturated carbocycles. The molecule has 1 heterocycles. The second kappa shape index (κ2) is 3.69. The van der Waals surface area contributed by atoms with Crippen LogP contribution in [0.2, 0.25) is 0 Å². The third-order valence-electron chi connectivity index (χ3n) is 2.45. The smallest absolute Gasteiger partial charge is 0.0824 e. The van der Waals surface area contributed by atoms with Crippen molar-refractivity contribution in [1.29, 1.82) is 0 Å². The predicted molar refractivity (Wildman–Crippen MR) is 62.5 cm³/mol. The number of benzene rings is 1. The van der Waals surface area contributed by atoms with Gasteiger partial charge in [0.05, 0.1) is 5.70 Å². The summed E-state index contributed by atoms with van der Waals surface area (Å²) in [4.78, 5) is 13.5. The maximum atomic E-state index is 10.3. The highest BCUT2D eigenvalue weighted by atomic mass is 16.3. The van der Waals surface area contributed by atoms with E-state index in [0.29, 0.717) is 5.70 Å². The predicted octanol–water partition coefficient (Wildman–Crippen LogP) is 3.60. The monoisotopic (exact) mass is 200 g/mol. The molecule has 1 N–H and O–H groups in total. The van der Waals surface area contributed by atoms with Gasteiger partial charge in [0.1, 0.15) is 0 Å². The number of rotatable bonds is 2. The largest absolute Gasteiger partial charge is 0.361 e. The zero-order valence-electron chi connectivity index (χ0n) is 8.74. The molecule has 3 heteroatoms. The van der Waals surface area contributed by atoms with Gasteiger partial charge in [-0.3, -0.25) is 0 Å². The van der Waals surface area contributed by atoms with Crippen molar-refractivity contribution in [3.63, 3.8) is 0 Å². The second-order valence-electron chi connectivity index (χ2n) is 3.62. The molecular weight excluding hydrogens is 188 g/mol. The van der Waals surface area contributed by atoms with Gasteiger partial charge in [-0.25, -0.2) is 0 Å². The molecule has 0 aliphatic rings. The topological polar surface area (TPSA) is 45.2 Å². The molecule has 0 amide bonds. The van der Waals surface area contributed by atoms with E-state index in [1.165, 1.54) is 5.56 Å². The molecule has 2 rings (SSSR count). The van der Waals surface area contributed by atoms with Crippen molar-refractivity contribution in [3.05, 3.63) is 46.1 Å². The van der Waals surface area contributed by atoms with Gasteiger partial charge < -0.3 is 4.98 Å². The first-order chi connectivity index (χ1) is 7.22. The average molecular weight is 200 g/mol. The van der Waals surface area contributed by atoms with Crippen LogP contribution in [0.25, 0.3) is 17.0 Å². The minimum absolute atomic E-state index is 0.485. The Hall–Kier alpha value is -1.90. The third kappa shape index (κ3) is 1.68. The van der Waals surface area contributed by atoms with E-state index in [9.17, 15) is 4.91 Å². The number of nitroso groups, excluding NO2 is 1. The Bertz CT molecular complexity index is 538. The summed E-state index contributed by atoms with van der Waals surface area (Å²) >= 11 is 0. The van der Waals surface area contributed by atoms with E-state index in [0.717, 1.165) is 16.5 Å². The fourth-order valence-corrected chi connectivity index (χ4v) is 1.76. The van der Waals surface area contributed by atoms with Gasteiger partial charge in [-0.2, -0.15) is 0 Å². The quantitative estimate of drug-likeness (QED) is 0.739. The molecule has 15 heavy (non-hydrogen) atoms. The van der Waals surface area contributed by atoms with Gasteiger partial charge in [0.25, 0.3) is 0 Å². The van der Waals surface area contributed by atoms with E-state index < -0.39 is 0 Å². The summed E-state index contributed by atoms with van der Waals surface area (Å²) in [5.74, 6) is 0. The van der Waals surface area contributed by atoms with Crippen molar-refractivity contribution in [2.75, 3.05) is 0 Å². The molecule has 0 aliphatic carbocycles. The van der Waals surface area contributed by atoms with Crippen LogP contribution in [0.4, 0.5) is 0 Å². The van der Waals surface area contributed by atoms with Crippen LogP contribution in [0.5, 0.6) is 0 Å². The van der Waals surface area contributed by atoms with Gasteiger partial charge in [-0.05, 0) is 36.7 Å². The van der Waals surface area contributed by atoms with E-state index >= 15 is 0 Å². The maximum Gasteiger partial charge on any atom is 0.0824 e. The van der Waals surface area contributed by atoms with Crippen molar-refractivity contribution in [2.45, 2.75) is 13.8 Å². The number of hydrogen-bond donors (Lipinski definition) is 1. The van der Waals surface area contributed by atoms with Crippen LogP contribution in [0, 0.1) is 11.8 Å². The van der Waals surface area contributed by atoms with Crippen LogP contribution in [0.3, 0.4) is 0 Å². The van der Waals surface area contributed by atoms with Crippen LogP contribution in [-0.2, 0) is 0 Å². The van der Waals surface area contributed by atoms with Gasteiger partial charge in [0, 0.05) is 22.7 Å². The van der Waals surface area contributed by atoms with Crippen molar-refractivity contribution >= 4 is 17.0 Å². The number of aromatic amines is 1. The normalized spacial score (nSPS) is 12.0. The number of aromatic nitrogens is 1. The molecule has 1 aromatic heterocycles. The van der Waals surface area contributed by atoms with Gasteiger partial charge >= 0.3 is 0 Å². The zero-order chi connectivity index (χ0) is 10.8. The summed E-state index contributed by atoms with van der Waals surface area (Å²) in [5.41, 5.74) is 3.78. The summed E-state index contributed by atoms with van der Waals surface area (Å²) in [6.45, 7) is 3.75. The van der Waals surface area contributed by atoms with Gasteiger partial charge in [0.2, 0.25) is 0 Å². The molecule has 3 nitrogen and oxygen atoms in total. The minimum atomic E-state index is 0.485. The molecule has 76 valence electrons. The van der Waals surface area contributed by atoms with Crippen molar-refractivity contribution in [1.82, 2.24) is 4.98 Å². The maximum absolute atomic E-state index is 10.3. The fourth-order valence-electron chi connectivity index (χ4n) is 1.76. The van der Waals surface area contributed by atoms with Gasteiger partial charge in [0.15, 0.2) is 0 Å². The van der Waals surface area contributed by atoms with E-state index in [2.05, 4.69) is 23.2 Å². The first-order valence-corrected chi connectivity index (χ1v) is 4.80. The summed E-state index contributed by atoms with van der Waals surface area (Å²) in [6, 6.07) is 6.08. The highest BCUT2D eigenvalue weighted by Gasteiger charge is 2.03. The average Bonchev–Trinajstić information content (AvgIpc) is 2.63. The van der Waals surface area contributed by atoms with E-state index in [1.54, 1.807) is 13.0 Å². The van der Waals surface area contributed by atoms with Crippen molar-refractivity contribution < 1.29 is 0 Å². The zero-order valence-corrected chi connectivity index (χ0v) is 8.74. The molecule has 0 unspecified atom stereocenters. The first kappa shape index (κ1) is 9.65. The van der Waals surface area contributed by atoms with Crippen LogP contribution in [-0.4, -0.2) is 4.98 Å². The number of hydrogen-bond acceptors (Lipinski definition) is 2. The summed E-state index contributed by atoms with van der Waals surface area (Å²) in [7, 11) is 0. The van der Waals surface area contributed by atoms with E-state index in [4.69, 9.17) is 0 Å². The molecule has 0 spiro atoms. The number of H-pyrrole nitrogens is 1. The summed E-state index contributed by atoms with van der Waals surface area (Å²) < 4.78 is 0. The number of nitrogens with zero attached hydrogens (tertiary/aromatic N) is 1. The lowest BCUT2D eigenvalue weighted by Gasteiger charge is -1.97. The molecular formula is C12H12N2O. The molecule has 0 radical (unpaired) electrons. The first-order valence-electron chi connectivity index (χ1n) is 4.80. The Kier molecular flexibility index (Phi) is 2.37. The number of fused-ring (bicyclic) bond motifs is 1. The Morgan fingerprint density at radius 2 is 2.27 bits per heavy atom. The molecule has 0 fully saturated rings. The molecule has 2 aromatic rings. The Morgan fingerprint density at radius 3 is 3.00 bits per heavy atom. The Labute approximate surface area is 87.8 Å².